The highest BCUT2D eigenvalue weighted by Gasteiger charge is 2.56. The molecule has 0 saturated heterocycles. The van der Waals surface area contributed by atoms with Crippen LogP contribution in [-0.2, 0) is 14.3 Å². The van der Waals surface area contributed by atoms with E-state index in [1.54, 1.807) is 32.1 Å². The zero-order chi connectivity index (χ0) is 38.5. The lowest BCUT2D eigenvalue weighted by molar-refractivity contribution is -0.144. The number of fused-ring (bicyclic) bond motifs is 5. The summed E-state index contributed by atoms with van der Waals surface area (Å²) in [4.78, 5) is 22.5. The number of nitrogens with one attached hydrogen (secondary N) is 1. The summed E-state index contributed by atoms with van der Waals surface area (Å²) in [6.07, 6.45) is 33.8. The molecular formula is C47H89NO4. The first-order chi connectivity index (χ1) is 25.0. The monoisotopic (exact) mass is 732 g/mol. The van der Waals surface area contributed by atoms with Crippen molar-refractivity contribution in [3.8, 4) is 0 Å². The van der Waals surface area contributed by atoms with Crippen LogP contribution in [0, 0.1) is 35.0 Å². The molecule has 0 radical (unpaired) electrons. The molecule has 3 aliphatic carbocycles. The van der Waals surface area contributed by atoms with Crippen LogP contribution in [0.15, 0.2) is 12.2 Å². The molecule has 4 unspecified atom stereocenters. The lowest BCUT2D eigenvalue weighted by Gasteiger charge is -2.35. The molecule has 5 nitrogen and oxygen atoms in total. The van der Waals surface area contributed by atoms with Gasteiger partial charge in [0.2, 0.25) is 0 Å². The quantitative estimate of drug-likeness (QED) is 0.0455. The van der Waals surface area contributed by atoms with Crippen molar-refractivity contribution in [2.45, 2.75) is 221 Å². The number of ether oxygens (including phenoxy) is 1. The minimum Gasteiger partial charge on any atom is -0.481 e. The number of esters is 1. The van der Waals surface area contributed by atoms with E-state index >= 15 is 0 Å². The van der Waals surface area contributed by atoms with Crippen molar-refractivity contribution >= 4 is 11.9 Å². The number of hydrogen-bond donors (Lipinski definition) is 2. The number of carbonyl (C=O) groups is 2. The summed E-state index contributed by atoms with van der Waals surface area (Å²) in [5.41, 5.74) is 2.11. The highest BCUT2D eigenvalue weighted by Crippen LogP contribution is 2.65. The van der Waals surface area contributed by atoms with Crippen LogP contribution < -0.4 is 5.32 Å². The topological polar surface area (TPSA) is 75.6 Å². The van der Waals surface area contributed by atoms with Crippen molar-refractivity contribution in [1.82, 2.24) is 5.32 Å². The molecule has 3 rings (SSSR count). The van der Waals surface area contributed by atoms with Crippen molar-refractivity contribution in [3.63, 3.8) is 0 Å². The van der Waals surface area contributed by atoms with Gasteiger partial charge in [-0.1, -0.05) is 137 Å². The molecule has 0 spiro atoms. The molecule has 0 amide bonds. The lowest BCUT2D eigenvalue weighted by atomic mass is 9.69. The predicted octanol–water partition coefficient (Wildman–Crippen LogP) is 13.9. The summed E-state index contributed by atoms with van der Waals surface area (Å²) >= 11 is 0. The van der Waals surface area contributed by atoms with E-state index in [4.69, 9.17) is 9.84 Å². The number of allylic oxidation sites excluding steroid dienone is 1. The van der Waals surface area contributed by atoms with Gasteiger partial charge in [0.25, 0.3) is 0 Å². The molecule has 5 heteroatoms. The van der Waals surface area contributed by atoms with Gasteiger partial charge in [0.15, 0.2) is 0 Å². The van der Waals surface area contributed by atoms with E-state index < -0.39 is 5.97 Å². The molecule has 2 bridgehead atoms. The number of hydrogen-bond acceptors (Lipinski definition) is 4. The molecule has 306 valence electrons. The van der Waals surface area contributed by atoms with Crippen molar-refractivity contribution in [2.75, 3.05) is 19.7 Å². The second kappa shape index (κ2) is 30.9. The maximum Gasteiger partial charge on any atom is 0.305 e. The fraction of sp³-hybridized carbons (Fsp3) is 0.915. The third-order valence-electron chi connectivity index (χ3n) is 12.5. The van der Waals surface area contributed by atoms with E-state index in [0.29, 0.717) is 19.4 Å². The van der Waals surface area contributed by atoms with Crippen LogP contribution in [0.4, 0.5) is 0 Å². The highest BCUT2D eigenvalue weighted by atomic mass is 16.5. The Kier molecular flexibility index (Phi) is 28.9. The van der Waals surface area contributed by atoms with Gasteiger partial charge in [-0.3, -0.25) is 9.59 Å². The number of rotatable bonds is 29. The molecule has 3 saturated carbocycles. The average molecular weight is 732 g/mol. The van der Waals surface area contributed by atoms with Crippen LogP contribution in [-0.4, -0.2) is 36.7 Å². The first-order valence-electron chi connectivity index (χ1n) is 22.8. The molecule has 4 atom stereocenters. The van der Waals surface area contributed by atoms with Gasteiger partial charge in [-0.05, 0) is 126 Å². The number of aliphatic carboxylic acids is 1. The minimum atomic E-state index is -0.684. The van der Waals surface area contributed by atoms with Crippen LogP contribution in [0.3, 0.4) is 0 Å². The second-order valence-corrected chi connectivity index (χ2v) is 17.9. The van der Waals surface area contributed by atoms with Crippen molar-refractivity contribution < 1.29 is 19.4 Å². The minimum absolute atomic E-state index is 0.00880. The zero-order valence-electron chi connectivity index (χ0n) is 35.7. The van der Waals surface area contributed by atoms with Gasteiger partial charge >= 0.3 is 11.9 Å². The molecule has 0 aliphatic heterocycles. The SMILES string of the molecule is C=C(C)CC(C)C.CC12CCCC1C1CCC2C1.CCCCCC(CCCCC)CCOC(=O)CCCCCCCNCCCCCCCC(=O)O. The van der Waals surface area contributed by atoms with Crippen LogP contribution >= 0.6 is 0 Å². The van der Waals surface area contributed by atoms with Crippen molar-refractivity contribution in [1.29, 1.82) is 0 Å². The van der Waals surface area contributed by atoms with Crippen LogP contribution in [0.1, 0.15) is 221 Å². The maximum atomic E-state index is 12.0. The van der Waals surface area contributed by atoms with Gasteiger partial charge in [-0.25, -0.2) is 0 Å². The Labute approximate surface area is 324 Å². The summed E-state index contributed by atoms with van der Waals surface area (Å²) in [5.74, 6) is 4.26. The van der Waals surface area contributed by atoms with Crippen molar-refractivity contribution in [2.24, 2.45) is 35.0 Å². The highest BCUT2D eigenvalue weighted by molar-refractivity contribution is 5.69. The summed E-state index contributed by atoms with van der Waals surface area (Å²) in [6.45, 7) is 20.1. The first kappa shape index (κ1) is 48.7. The molecule has 52 heavy (non-hydrogen) atoms. The van der Waals surface area contributed by atoms with Gasteiger partial charge < -0.3 is 15.2 Å². The van der Waals surface area contributed by atoms with E-state index in [1.807, 2.05) is 0 Å². The van der Waals surface area contributed by atoms with Crippen LogP contribution in [0.5, 0.6) is 0 Å². The maximum absolute atomic E-state index is 12.0. The Hall–Kier alpha value is -1.36. The molecular weight excluding hydrogens is 643 g/mol. The predicted molar refractivity (Wildman–Crippen MR) is 224 cm³/mol. The van der Waals surface area contributed by atoms with Gasteiger partial charge in [-0.2, -0.15) is 0 Å². The molecule has 0 aromatic heterocycles. The Balaban J connectivity index is 0.000000594. The fourth-order valence-electron chi connectivity index (χ4n) is 9.62. The molecule has 2 N–H and O–H groups in total. The lowest BCUT2D eigenvalue weighted by Crippen LogP contribution is -2.28. The number of carboxylic acids is 1. The van der Waals surface area contributed by atoms with E-state index in [9.17, 15) is 9.59 Å². The van der Waals surface area contributed by atoms with Gasteiger partial charge in [0, 0.05) is 12.8 Å². The summed E-state index contributed by atoms with van der Waals surface area (Å²) in [7, 11) is 0. The molecule has 0 aromatic rings. The third kappa shape index (κ3) is 23.4. The number of carbonyl (C=O) groups excluding carboxylic acids is 1. The largest absolute Gasteiger partial charge is 0.481 e. The van der Waals surface area contributed by atoms with Gasteiger partial charge in [0.05, 0.1) is 6.61 Å². The molecule has 3 aliphatic rings. The second-order valence-electron chi connectivity index (χ2n) is 17.9. The van der Waals surface area contributed by atoms with Gasteiger partial charge in [-0.15, -0.1) is 6.58 Å². The van der Waals surface area contributed by atoms with E-state index in [1.165, 1.54) is 102 Å². The fourth-order valence-corrected chi connectivity index (χ4v) is 9.62. The van der Waals surface area contributed by atoms with E-state index in [-0.39, 0.29) is 5.97 Å². The zero-order valence-corrected chi connectivity index (χ0v) is 35.7. The first-order valence-corrected chi connectivity index (χ1v) is 22.8. The normalized spacial score (nSPS) is 21.4. The Bertz CT molecular complexity index is 892. The Morgan fingerprint density at radius 3 is 1.88 bits per heavy atom. The average Bonchev–Trinajstić information content (AvgIpc) is 3.80. The van der Waals surface area contributed by atoms with E-state index in [0.717, 1.165) is 86.6 Å². The van der Waals surface area contributed by atoms with E-state index in [2.05, 4.69) is 53.4 Å². The van der Waals surface area contributed by atoms with Gasteiger partial charge in [0.1, 0.15) is 0 Å². The molecule has 0 aromatic carbocycles. The summed E-state index contributed by atoms with van der Waals surface area (Å²) in [6, 6.07) is 0. The van der Waals surface area contributed by atoms with Crippen LogP contribution in [0.2, 0.25) is 0 Å². The number of carboxylic acid groups (broad SMARTS) is 1. The summed E-state index contributed by atoms with van der Waals surface area (Å²) < 4.78 is 5.53. The number of unbranched alkanes of at least 4 members (excludes halogenated alkanes) is 12. The molecule has 0 heterocycles. The Morgan fingerprint density at radius 2 is 1.37 bits per heavy atom. The Morgan fingerprint density at radius 1 is 0.788 bits per heavy atom. The third-order valence-corrected chi connectivity index (χ3v) is 12.5. The molecule has 3 fully saturated rings. The van der Waals surface area contributed by atoms with Crippen LogP contribution in [0.25, 0.3) is 0 Å². The smallest absolute Gasteiger partial charge is 0.305 e. The summed E-state index contributed by atoms with van der Waals surface area (Å²) in [5, 5.41) is 12.1. The van der Waals surface area contributed by atoms with Crippen molar-refractivity contribution in [3.05, 3.63) is 12.2 Å². The standard InChI is InChI=1S/C29H57NO4.C11H18.C7H14/c1-3-5-13-19-27(20-14-6-4-2)23-26-34-29(33)22-16-10-8-12-18-25-30-24-17-11-7-9-15-21-28(31)32;1-11-6-2-3-10(11)8-4-5-9(11)7-8;1-6(2)5-7(3)4/h27,30H,3-26H2,1-2H3,(H,31,32);8-10H,2-7H2,1H3;7H,1,5H2,2-4H3.